The Balaban J connectivity index is 1.84. The molecule has 0 saturated heterocycles. The fourth-order valence-electron chi connectivity index (χ4n) is 4.57. The van der Waals surface area contributed by atoms with Crippen molar-refractivity contribution in [2.75, 3.05) is 0 Å². The van der Waals surface area contributed by atoms with Crippen molar-refractivity contribution in [2.24, 2.45) is 11.8 Å². The van der Waals surface area contributed by atoms with E-state index in [0.29, 0.717) is 11.7 Å². The molecule has 2 unspecified atom stereocenters. The van der Waals surface area contributed by atoms with Gasteiger partial charge in [-0.1, -0.05) is 31.5 Å². The number of nitrogens with zero attached hydrogens (tertiary/aromatic N) is 2. The molecule has 3 aromatic rings. The van der Waals surface area contributed by atoms with E-state index in [1.807, 2.05) is 6.07 Å². The number of aromatic nitrogens is 2. The van der Waals surface area contributed by atoms with Crippen LogP contribution in [-0.2, 0) is 19.5 Å². The lowest BCUT2D eigenvalue weighted by Gasteiger charge is -2.31. The summed E-state index contributed by atoms with van der Waals surface area (Å²) in [4.78, 5) is 13.5. The van der Waals surface area contributed by atoms with Crippen LogP contribution in [0, 0.1) is 18.8 Å². The zero-order valence-corrected chi connectivity index (χ0v) is 15.3. The van der Waals surface area contributed by atoms with Crippen molar-refractivity contribution in [2.45, 2.75) is 46.7 Å². The number of hydrogen-bond acceptors (Lipinski definition) is 1. The number of fused-ring (bicyclic) bond motifs is 3. The molecule has 3 heteroatoms. The standard InChI is InChI=1S/C22H26N2O/c1-4-16-13-20-21(17-10-6-7-11-19(17)24(20)5-2)22(25)18(16)14-23-12-8-9-15(23)3/h6-12,16,18H,4-5,13-14H2,1-3H3. The van der Waals surface area contributed by atoms with Gasteiger partial charge < -0.3 is 9.13 Å². The maximum absolute atomic E-state index is 13.5. The second-order valence-corrected chi connectivity index (χ2v) is 7.23. The van der Waals surface area contributed by atoms with Gasteiger partial charge in [-0.2, -0.15) is 0 Å². The van der Waals surface area contributed by atoms with E-state index >= 15 is 0 Å². The lowest BCUT2D eigenvalue weighted by molar-refractivity contribution is 0.0826. The highest BCUT2D eigenvalue weighted by Crippen LogP contribution is 2.39. The van der Waals surface area contributed by atoms with E-state index < -0.39 is 0 Å². The maximum Gasteiger partial charge on any atom is 0.170 e. The highest BCUT2D eigenvalue weighted by Gasteiger charge is 2.38. The molecule has 25 heavy (non-hydrogen) atoms. The Bertz CT molecular complexity index is 931. The average Bonchev–Trinajstić information content (AvgIpc) is 3.17. The molecule has 2 heterocycles. The predicted octanol–water partition coefficient (Wildman–Crippen LogP) is 4.85. The molecule has 0 fully saturated rings. The normalized spacial score (nSPS) is 20.2. The first kappa shape index (κ1) is 16.2. The van der Waals surface area contributed by atoms with Crippen LogP contribution in [0.3, 0.4) is 0 Å². The smallest absolute Gasteiger partial charge is 0.170 e. The van der Waals surface area contributed by atoms with Gasteiger partial charge in [0.1, 0.15) is 0 Å². The Labute approximate surface area is 149 Å². The van der Waals surface area contributed by atoms with Gasteiger partial charge in [0, 0.05) is 53.1 Å². The van der Waals surface area contributed by atoms with Crippen LogP contribution in [0.5, 0.6) is 0 Å². The molecule has 0 radical (unpaired) electrons. The van der Waals surface area contributed by atoms with Crippen molar-refractivity contribution in [1.29, 1.82) is 0 Å². The molecule has 0 aliphatic heterocycles. The van der Waals surface area contributed by atoms with Crippen molar-refractivity contribution in [3.05, 3.63) is 59.5 Å². The summed E-state index contributed by atoms with van der Waals surface area (Å²) >= 11 is 0. The van der Waals surface area contributed by atoms with Crippen LogP contribution in [0.2, 0.25) is 0 Å². The van der Waals surface area contributed by atoms with Crippen molar-refractivity contribution in [1.82, 2.24) is 9.13 Å². The Hall–Kier alpha value is -2.29. The number of aryl methyl sites for hydroxylation is 2. The summed E-state index contributed by atoms with van der Waals surface area (Å²) in [6.45, 7) is 8.22. The van der Waals surface area contributed by atoms with Gasteiger partial charge >= 0.3 is 0 Å². The van der Waals surface area contributed by atoms with Gasteiger partial charge in [-0.15, -0.1) is 0 Å². The zero-order chi connectivity index (χ0) is 17.6. The summed E-state index contributed by atoms with van der Waals surface area (Å²) in [7, 11) is 0. The number of benzene rings is 1. The zero-order valence-electron chi connectivity index (χ0n) is 15.3. The van der Waals surface area contributed by atoms with Gasteiger partial charge in [0.15, 0.2) is 5.78 Å². The van der Waals surface area contributed by atoms with Crippen LogP contribution in [0.1, 0.15) is 42.0 Å². The van der Waals surface area contributed by atoms with E-state index in [1.54, 1.807) is 0 Å². The molecule has 0 bridgehead atoms. The van der Waals surface area contributed by atoms with E-state index in [4.69, 9.17) is 0 Å². The first-order valence-electron chi connectivity index (χ1n) is 9.41. The van der Waals surface area contributed by atoms with Gasteiger partial charge in [-0.05, 0) is 44.4 Å². The number of ketones is 1. The lowest BCUT2D eigenvalue weighted by Crippen LogP contribution is -2.35. The van der Waals surface area contributed by atoms with Crippen LogP contribution in [0.25, 0.3) is 10.9 Å². The maximum atomic E-state index is 13.5. The van der Waals surface area contributed by atoms with Crippen molar-refractivity contribution >= 4 is 16.7 Å². The quantitative estimate of drug-likeness (QED) is 0.670. The SMILES string of the molecule is CCC1Cc2c(c3ccccc3n2CC)C(=O)C1Cn1cccc1C. The molecule has 130 valence electrons. The van der Waals surface area contributed by atoms with E-state index in [2.05, 4.69) is 66.4 Å². The molecule has 2 aromatic heterocycles. The fourth-order valence-corrected chi connectivity index (χ4v) is 4.57. The molecule has 0 spiro atoms. The van der Waals surface area contributed by atoms with E-state index in [9.17, 15) is 4.79 Å². The topological polar surface area (TPSA) is 26.9 Å². The van der Waals surface area contributed by atoms with Crippen LogP contribution < -0.4 is 0 Å². The fraction of sp³-hybridized carbons (Fsp3) is 0.409. The molecule has 4 rings (SSSR count). The van der Waals surface area contributed by atoms with Crippen LogP contribution in [0.15, 0.2) is 42.6 Å². The molecule has 1 aliphatic carbocycles. The highest BCUT2D eigenvalue weighted by molar-refractivity contribution is 6.11. The Morgan fingerprint density at radius 3 is 2.60 bits per heavy atom. The summed E-state index contributed by atoms with van der Waals surface area (Å²) in [5, 5.41) is 1.13. The number of para-hydroxylation sites is 1. The summed E-state index contributed by atoms with van der Waals surface area (Å²) in [6, 6.07) is 12.6. The number of rotatable bonds is 4. The highest BCUT2D eigenvalue weighted by atomic mass is 16.1. The molecule has 2 atom stereocenters. The molecule has 3 nitrogen and oxygen atoms in total. The number of carbonyl (C=O) groups is 1. The second kappa shape index (κ2) is 6.21. The molecule has 1 aromatic carbocycles. The van der Waals surface area contributed by atoms with Gasteiger partial charge in [-0.25, -0.2) is 0 Å². The Morgan fingerprint density at radius 1 is 1.12 bits per heavy atom. The predicted molar refractivity (Wildman–Crippen MR) is 102 cm³/mol. The van der Waals surface area contributed by atoms with E-state index in [-0.39, 0.29) is 5.92 Å². The molecule has 0 N–H and O–H groups in total. The molecule has 0 amide bonds. The minimum absolute atomic E-state index is 0.0692. The monoisotopic (exact) mass is 334 g/mol. The van der Waals surface area contributed by atoms with Crippen LogP contribution in [-0.4, -0.2) is 14.9 Å². The summed E-state index contributed by atoms with van der Waals surface area (Å²) < 4.78 is 4.58. The molecular formula is C22H26N2O. The second-order valence-electron chi connectivity index (χ2n) is 7.23. The third kappa shape index (κ3) is 2.45. The summed E-state index contributed by atoms with van der Waals surface area (Å²) in [5.74, 6) is 0.820. The van der Waals surface area contributed by atoms with Gasteiger partial charge in [0.25, 0.3) is 0 Å². The third-order valence-electron chi connectivity index (χ3n) is 5.98. The van der Waals surface area contributed by atoms with Crippen LogP contribution in [0.4, 0.5) is 0 Å². The van der Waals surface area contributed by atoms with Gasteiger partial charge in [0.05, 0.1) is 0 Å². The largest absolute Gasteiger partial charge is 0.351 e. The number of carbonyl (C=O) groups excluding carboxylic acids is 1. The van der Waals surface area contributed by atoms with Crippen LogP contribution >= 0.6 is 0 Å². The van der Waals surface area contributed by atoms with Crippen molar-refractivity contribution in [3.63, 3.8) is 0 Å². The van der Waals surface area contributed by atoms with E-state index in [1.165, 1.54) is 16.9 Å². The number of hydrogen-bond donors (Lipinski definition) is 0. The van der Waals surface area contributed by atoms with E-state index in [0.717, 1.165) is 36.9 Å². The van der Waals surface area contributed by atoms with Crippen molar-refractivity contribution in [3.8, 4) is 0 Å². The van der Waals surface area contributed by atoms with Gasteiger partial charge in [-0.3, -0.25) is 4.79 Å². The summed E-state index contributed by atoms with van der Waals surface area (Å²) in [6.07, 6.45) is 4.15. The molecule has 0 saturated carbocycles. The lowest BCUT2D eigenvalue weighted by atomic mass is 9.75. The third-order valence-corrected chi connectivity index (χ3v) is 5.98. The van der Waals surface area contributed by atoms with Gasteiger partial charge in [0.2, 0.25) is 0 Å². The minimum atomic E-state index is 0.0692. The average molecular weight is 334 g/mol. The number of Topliss-reactive ketones (excluding diaryl/α,β-unsaturated/α-hetero) is 1. The summed E-state index contributed by atoms with van der Waals surface area (Å²) in [5.41, 5.74) is 4.67. The first-order chi connectivity index (χ1) is 12.2. The molecule has 1 aliphatic rings. The Kier molecular flexibility index (Phi) is 4.03. The van der Waals surface area contributed by atoms with Crippen molar-refractivity contribution < 1.29 is 4.79 Å². The minimum Gasteiger partial charge on any atom is -0.351 e. The molecular weight excluding hydrogens is 308 g/mol. The Morgan fingerprint density at radius 2 is 1.92 bits per heavy atom. The first-order valence-corrected chi connectivity index (χ1v) is 9.41.